The van der Waals surface area contributed by atoms with E-state index in [4.69, 9.17) is 14.5 Å². The molecule has 1 fully saturated rings. The highest BCUT2D eigenvalue weighted by Gasteiger charge is 2.20. The Labute approximate surface area is 203 Å². The van der Waals surface area contributed by atoms with Gasteiger partial charge in [0.25, 0.3) is 0 Å². The highest BCUT2D eigenvalue weighted by atomic mass is 32.1. The van der Waals surface area contributed by atoms with Gasteiger partial charge in [-0.2, -0.15) is 0 Å². The second-order valence-electron chi connectivity index (χ2n) is 8.62. The Hall–Kier alpha value is -3.58. The van der Waals surface area contributed by atoms with Gasteiger partial charge in [-0.15, -0.1) is 11.3 Å². The van der Waals surface area contributed by atoms with E-state index in [1.54, 1.807) is 23.9 Å². The molecule has 6 rings (SSSR count). The van der Waals surface area contributed by atoms with Gasteiger partial charge < -0.3 is 19.3 Å². The van der Waals surface area contributed by atoms with E-state index in [0.29, 0.717) is 13.1 Å². The first-order valence-corrected chi connectivity index (χ1v) is 12.5. The monoisotopic (exact) mass is 470 g/mol. The van der Waals surface area contributed by atoms with E-state index in [-0.39, 0.29) is 6.79 Å². The Morgan fingerprint density at radius 3 is 2.65 bits per heavy atom. The van der Waals surface area contributed by atoms with Gasteiger partial charge in [-0.25, -0.2) is 9.97 Å². The Morgan fingerprint density at radius 2 is 1.82 bits per heavy atom. The average Bonchev–Trinajstić information content (AvgIpc) is 3.66. The molecule has 0 amide bonds. The van der Waals surface area contributed by atoms with Crippen molar-refractivity contribution in [2.75, 3.05) is 36.2 Å². The van der Waals surface area contributed by atoms with E-state index in [1.807, 2.05) is 6.07 Å². The summed E-state index contributed by atoms with van der Waals surface area (Å²) in [7, 11) is 0. The summed E-state index contributed by atoms with van der Waals surface area (Å²) in [6.07, 6.45) is 5.90. The van der Waals surface area contributed by atoms with Gasteiger partial charge in [0.05, 0.1) is 16.8 Å². The molecule has 0 N–H and O–H groups in total. The predicted octanol–water partition coefficient (Wildman–Crippen LogP) is 5.81. The lowest BCUT2D eigenvalue weighted by Crippen LogP contribution is -2.26. The maximum Gasteiger partial charge on any atom is 0.229 e. The van der Waals surface area contributed by atoms with Gasteiger partial charge in [-0.05, 0) is 42.2 Å². The minimum Gasteiger partial charge on any atom is -0.462 e. The quantitative estimate of drug-likeness (QED) is 0.340. The van der Waals surface area contributed by atoms with E-state index < -0.39 is 0 Å². The van der Waals surface area contributed by atoms with Crippen LogP contribution in [0.25, 0.3) is 20.7 Å². The third-order valence-electron chi connectivity index (χ3n) is 6.28. The molecule has 0 radical (unpaired) electrons. The topological polar surface area (TPSA) is 50.7 Å². The number of hydrogen-bond donors (Lipinski definition) is 0. The van der Waals surface area contributed by atoms with Gasteiger partial charge in [-0.3, -0.25) is 0 Å². The van der Waals surface area contributed by atoms with Crippen LogP contribution in [0.1, 0.15) is 18.4 Å². The second-order valence-corrected chi connectivity index (χ2v) is 9.67. The molecule has 0 unspecified atom stereocenters. The van der Waals surface area contributed by atoms with Crippen LogP contribution < -0.4 is 9.80 Å². The maximum atomic E-state index is 5.64. The van der Waals surface area contributed by atoms with Crippen LogP contribution in [0.4, 0.5) is 11.5 Å². The van der Waals surface area contributed by atoms with Crippen LogP contribution in [0.2, 0.25) is 0 Å². The zero-order chi connectivity index (χ0) is 22.7. The number of hydrogen-bond acceptors (Lipinski definition) is 7. The van der Waals surface area contributed by atoms with E-state index in [2.05, 4.69) is 69.4 Å². The number of aromatic nitrogens is 2. The van der Waals surface area contributed by atoms with E-state index in [0.717, 1.165) is 34.9 Å². The van der Waals surface area contributed by atoms with Crippen molar-refractivity contribution in [2.24, 2.45) is 0 Å². The van der Waals surface area contributed by atoms with Crippen LogP contribution in [0.3, 0.4) is 0 Å². The standard InChI is InChI=1S/C27H26N4O2S/c1-2-7-20(8-3-1)15-31(16-23-17-32-19-33-23)27-26-24(28-18-29-27)14-25(34-26)21-9-6-10-22(13-21)30-11-4-5-12-30/h1-3,6-10,13-14,17-18H,4-5,11-12,15-16,19H2. The number of anilines is 2. The maximum absolute atomic E-state index is 5.64. The molecule has 2 aliphatic rings. The largest absolute Gasteiger partial charge is 0.462 e. The predicted molar refractivity (Wildman–Crippen MR) is 137 cm³/mol. The van der Waals surface area contributed by atoms with Crippen molar-refractivity contribution < 1.29 is 9.47 Å². The fourth-order valence-corrected chi connectivity index (χ4v) is 5.72. The Morgan fingerprint density at radius 1 is 0.941 bits per heavy atom. The molecule has 2 aliphatic heterocycles. The molecule has 0 bridgehead atoms. The molecule has 7 heteroatoms. The fourth-order valence-electron chi connectivity index (χ4n) is 4.59. The molecule has 0 aliphatic carbocycles. The van der Waals surface area contributed by atoms with Gasteiger partial charge in [0.15, 0.2) is 11.6 Å². The van der Waals surface area contributed by atoms with Crippen LogP contribution >= 0.6 is 11.3 Å². The summed E-state index contributed by atoms with van der Waals surface area (Å²) in [6.45, 7) is 3.84. The first-order valence-electron chi connectivity index (χ1n) is 11.7. The average molecular weight is 471 g/mol. The third-order valence-corrected chi connectivity index (χ3v) is 7.45. The summed E-state index contributed by atoms with van der Waals surface area (Å²) >= 11 is 1.75. The molecule has 0 saturated carbocycles. The van der Waals surface area contributed by atoms with Crippen LogP contribution in [0.15, 0.2) is 79.0 Å². The fraction of sp³-hybridized carbons (Fsp3) is 0.259. The summed E-state index contributed by atoms with van der Waals surface area (Å²) in [5.41, 5.74) is 4.70. The normalized spacial score (nSPS) is 15.3. The number of benzene rings is 2. The molecule has 0 atom stereocenters. The van der Waals surface area contributed by atoms with Crippen LogP contribution in [-0.2, 0) is 16.0 Å². The summed E-state index contributed by atoms with van der Waals surface area (Å²) in [5, 5.41) is 0. The smallest absolute Gasteiger partial charge is 0.229 e. The van der Waals surface area contributed by atoms with Gasteiger partial charge in [0, 0.05) is 30.2 Å². The van der Waals surface area contributed by atoms with Crippen molar-refractivity contribution in [1.29, 1.82) is 0 Å². The van der Waals surface area contributed by atoms with Crippen molar-refractivity contribution in [3.63, 3.8) is 0 Å². The number of fused-ring (bicyclic) bond motifs is 1. The highest BCUT2D eigenvalue weighted by molar-refractivity contribution is 7.22. The highest BCUT2D eigenvalue weighted by Crippen LogP contribution is 2.38. The first kappa shape index (κ1) is 21.0. The van der Waals surface area contributed by atoms with E-state index >= 15 is 0 Å². The van der Waals surface area contributed by atoms with Gasteiger partial charge >= 0.3 is 0 Å². The van der Waals surface area contributed by atoms with Crippen molar-refractivity contribution in [2.45, 2.75) is 19.4 Å². The lowest BCUT2D eigenvalue weighted by atomic mass is 10.1. The molecular formula is C27H26N4O2S. The molecule has 2 aromatic carbocycles. The zero-order valence-electron chi connectivity index (χ0n) is 18.9. The third kappa shape index (κ3) is 4.31. The number of rotatable bonds is 7. The summed E-state index contributed by atoms with van der Waals surface area (Å²) in [6, 6.07) is 21.5. The zero-order valence-corrected chi connectivity index (χ0v) is 19.7. The molecule has 6 nitrogen and oxygen atoms in total. The molecule has 0 spiro atoms. The summed E-state index contributed by atoms with van der Waals surface area (Å²) in [4.78, 5) is 15.2. The first-order chi connectivity index (χ1) is 16.8. The van der Waals surface area contributed by atoms with Gasteiger partial charge in [-0.1, -0.05) is 42.5 Å². The van der Waals surface area contributed by atoms with Crippen molar-refractivity contribution >= 4 is 33.1 Å². The Balaban J connectivity index is 1.37. The molecule has 34 heavy (non-hydrogen) atoms. The Kier molecular flexibility index (Phi) is 5.77. The Bertz CT molecular complexity index is 1310. The number of ether oxygens (including phenoxy) is 2. The molecular weight excluding hydrogens is 444 g/mol. The van der Waals surface area contributed by atoms with Crippen molar-refractivity contribution in [3.8, 4) is 10.4 Å². The van der Waals surface area contributed by atoms with Crippen molar-refractivity contribution in [3.05, 3.63) is 84.6 Å². The summed E-state index contributed by atoms with van der Waals surface area (Å²) < 4.78 is 12.0. The minimum atomic E-state index is 0.268. The SMILES string of the molecule is C1=C(CN(Cc2ccccc2)c2ncnc3cc(-c4cccc(N5CCCC5)c4)sc23)OCO1. The minimum absolute atomic E-state index is 0.268. The van der Waals surface area contributed by atoms with E-state index in [9.17, 15) is 0 Å². The molecule has 1 saturated heterocycles. The van der Waals surface area contributed by atoms with Gasteiger partial charge in [0.1, 0.15) is 12.6 Å². The van der Waals surface area contributed by atoms with Gasteiger partial charge in [0.2, 0.25) is 6.79 Å². The number of thiophene rings is 1. The van der Waals surface area contributed by atoms with Crippen molar-refractivity contribution in [1.82, 2.24) is 9.97 Å². The van der Waals surface area contributed by atoms with Crippen LogP contribution in [0.5, 0.6) is 0 Å². The molecule has 4 aromatic rings. The lowest BCUT2D eigenvalue weighted by molar-refractivity contribution is 0.0797. The van der Waals surface area contributed by atoms with Crippen LogP contribution in [-0.4, -0.2) is 36.4 Å². The lowest BCUT2D eigenvalue weighted by Gasteiger charge is -2.24. The molecule has 172 valence electrons. The van der Waals surface area contributed by atoms with Crippen LogP contribution in [0, 0.1) is 0 Å². The van der Waals surface area contributed by atoms with E-state index in [1.165, 1.54) is 34.5 Å². The molecule has 2 aromatic heterocycles. The molecule has 4 heterocycles. The summed E-state index contributed by atoms with van der Waals surface area (Å²) in [5.74, 6) is 1.72. The second kappa shape index (κ2) is 9.35. The number of nitrogens with zero attached hydrogens (tertiary/aromatic N) is 4.